The van der Waals surface area contributed by atoms with E-state index in [4.69, 9.17) is 0 Å². The molecule has 0 unspecified atom stereocenters. The van der Waals surface area contributed by atoms with Crippen LogP contribution >= 0.6 is 0 Å². The van der Waals surface area contributed by atoms with E-state index < -0.39 is 18.8 Å². The van der Waals surface area contributed by atoms with Gasteiger partial charge in [0.25, 0.3) is 6.16 Å². The summed E-state index contributed by atoms with van der Waals surface area (Å²) in [5.74, 6) is 0. The molecule has 0 radical (unpaired) electrons. The second-order valence-corrected chi connectivity index (χ2v) is 1.56. The first-order valence-electron chi connectivity index (χ1n) is 2.51. The molecule has 0 aliphatic carbocycles. The van der Waals surface area contributed by atoms with Gasteiger partial charge < -0.3 is 14.6 Å². The third-order valence-electron chi connectivity index (χ3n) is 0.610. The van der Waals surface area contributed by atoms with Gasteiger partial charge >= 0.3 is 6.18 Å². The zero-order valence-corrected chi connectivity index (χ0v) is 5.22. The number of carbonyl (C=O) groups is 1. The van der Waals surface area contributed by atoms with Crippen LogP contribution in [0.1, 0.15) is 6.42 Å². The van der Waals surface area contributed by atoms with Gasteiger partial charge in [-0.25, -0.2) is 0 Å². The lowest BCUT2D eigenvalue weighted by atomic mass is 10.4. The van der Waals surface area contributed by atoms with Gasteiger partial charge in [0.1, 0.15) is 0 Å². The number of hydrogen-bond acceptors (Lipinski definition) is 3. The molecule has 0 saturated carbocycles. The summed E-state index contributed by atoms with van der Waals surface area (Å²) in [7, 11) is 0. The molecule has 0 fully saturated rings. The molecule has 0 aromatic rings. The van der Waals surface area contributed by atoms with Crippen molar-refractivity contribution in [3.8, 4) is 0 Å². The van der Waals surface area contributed by atoms with Crippen LogP contribution in [0.5, 0.6) is 0 Å². The molecule has 0 amide bonds. The number of hydrogen-bond donors (Lipinski definition) is 0. The Morgan fingerprint density at radius 1 is 1.55 bits per heavy atom. The molecule has 0 N–H and O–H groups in total. The van der Waals surface area contributed by atoms with Crippen molar-refractivity contribution in [2.45, 2.75) is 12.6 Å². The first kappa shape index (κ1) is 9.80. The SMILES string of the molecule is O=C([O-])OC=CCC(F)(F)F. The fourth-order valence-electron chi connectivity index (χ4n) is 0.285. The monoisotopic (exact) mass is 169 g/mol. The van der Waals surface area contributed by atoms with Crippen molar-refractivity contribution in [2.24, 2.45) is 0 Å². The molecule has 6 heteroatoms. The van der Waals surface area contributed by atoms with E-state index >= 15 is 0 Å². The normalized spacial score (nSPS) is 11.9. The zero-order valence-electron chi connectivity index (χ0n) is 5.22. The predicted octanol–water partition coefficient (Wildman–Crippen LogP) is 0.812. The summed E-state index contributed by atoms with van der Waals surface area (Å²) in [6.45, 7) is 0. The second-order valence-electron chi connectivity index (χ2n) is 1.56. The van der Waals surface area contributed by atoms with Gasteiger partial charge in [-0.05, 0) is 0 Å². The number of ether oxygens (including phenoxy) is 1. The molecule has 3 nitrogen and oxygen atoms in total. The average Bonchev–Trinajstić information content (AvgIpc) is 1.78. The third kappa shape index (κ3) is 8.80. The Morgan fingerprint density at radius 3 is 2.45 bits per heavy atom. The quantitative estimate of drug-likeness (QED) is 0.454. The maximum atomic E-state index is 11.3. The average molecular weight is 169 g/mol. The van der Waals surface area contributed by atoms with Crippen molar-refractivity contribution in [3.05, 3.63) is 12.3 Å². The zero-order chi connectivity index (χ0) is 8.91. The Kier molecular flexibility index (Phi) is 3.43. The van der Waals surface area contributed by atoms with Crippen LogP contribution in [0, 0.1) is 0 Å². The summed E-state index contributed by atoms with van der Waals surface area (Å²) in [6.07, 6.45) is -6.49. The van der Waals surface area contributed by atoms with Crippen molar-refractivity contribution in [1.29, 1.82) is 0 Å². The number of alkyl halides is 3. The summed E-state index contributed by atoms with van der Waals surface area (Å²) in [5.41, 5.74) is 0. The topological polar surface area (TPSA) is 49.4 Å². The Hall–Kier alpha value is -1.20. The van der Waals surface area contributed by atoms with E-state index in [0.717, 1.165) is 0 Å². The van der Waals surface area contributed by atoms with Crippen LogP contribution in [0.3, 0.4) is 0 Å². The van der Waals surface area contributed by atoms with Crippen molar-refractivity contribution >= 4 is 6.16 Å². The number of allylic oxidation sites excluding steroid dienone is 1. The van der Waals surface area contributed by atoms with E-state index in [1.165, 1.54) is 0 Å². The molecule has 0 aromatic carbocycles. The van der Waals surface area contributed by atoms with E-state index in [1.807, 2.05) is 0 Å². The molecule has 0 aromatic heterocycles. The molecular formula is C5H4F3O3-. The molecule has 0 saturated heterocycles. The highest BCUT2D eigenvalue weighted by molar-refractivity contribution is 5.54. The van der Waals surface area contributed by atoms with Gasteiger partial charge in [0.05, 0.1) is 6.42 Å². The van der Waals surface area contributed by atoms with E-state index in [1.54, 1.807) is 0 Å². The lowest BCUT2D eigenvalue weighted by molar-refractivity contribution is -0.276. The second kappa shape index (κ2) is 3.85. The number of halogens is 3. The molecule has 11 heavy (non-hydrogen) atoms. The molecular weight excluding hydrogens is 165 g/mol. The molecule has 0 aliphatic rings. The molecule has 0 heterocycles. The minimum atomic E-state index is -4.34. The maximum absolute atomic E-state index is 11.3. The Bertz CT molecular complexity index is 161. The van der Waals surface area contributed by atoms with Crippen LogP contribution < -0.4 is 5.11 Å². The summed E-state index contributed by atoms with van der Waals surface area (Å²) >= 11 is 0. The van der Waals surface area contributed by atoms with Gasteiger partial charge in [0, 0.05) is 6.26 Å². The van der Waals surface area contributed by atoms with Gasteiger partial charge in [0.15, 0.2) is 0 Å². The molecule has 0 bridgehead atoms. The van der Waals surface area contributed by atoms with Crippen molar-refractivity contribution in [2.75, 3.05) is 0 Å². The van der Waals surface area contributed by atoms with Crippen LogP contribution in [0.4, 0.5) is 18.0 Å². The summed E-state index contributed by atoms with van der Waals surface area (Å²) in [5, 5.41) is 9.46. The fraction of sp³-hybridized carbons (Fsp3) is 0.400. The highest BCUT2D eigenvalue weighted by Crippen LogP contribution is 2.19. The molecule has 0 atom stereocenters. The minimum absolute atomic E-state index is 0.419. The van der Waals surface area contributed by atoms with Gasteiger partial charge in [0.2, 0.25) is 0 Å². The molecule has 64 valence electrons. The Balaban J connectivity index is 3.53. The molecule has 0 aliphatic heterocycles. The van der Waals surface area contributed by atoms with Crippen molar-refractivity contribution in [1.82, 2.24) is 0 Å². The standard InChI is InChI=1S/C5H5F3O3/c6-5(7,8)2-1-3-11-4(9)10/h1,3H,2H2,(H,9,10)/p-1. The van der Waals surface area contributed by atoms with Crippen molar-refractivity contribution in [3.63, 3.8) is 0 Å². The van der Waals surface area contributed by atoms with Gasteiger partial charge in [-0.15, -0.1) is 0 Å². The van der Waals surface area contributed by atoms with Crippen molar-refractivity contribution < 1.29 is 27.8 Å². The van der Waals surface area contributed by atoms with E-state index in [0.29, 0.717) is 12.3 Å². The Morgan fingerprint density at radius 2 is 2.09 bits per heavy atom. The van der Waals surface area contributed by atoms with E-state index in [9.17, 15) is 23.1 Å². The van der Waals surface area contributed by atoms with Gasteiger partial charge in [-0.3, -0.25) is 0 Å². The summed E-state index contributed by atoms with van der Waals surface area (Å²) < 4.78 is 37.5. The van der Waals surface area contributed by atoms with Gasteiger partial charge in [-0.1, -0.05) is 6.08 Å². The number of rotatable bonds is 2. The van der Waals surface area contributed by atoms with Crippen LogP contribution in [-0.2, 0) is 4.74 Å². The maximum Gasteiger partial charge on any atom is 0.392 e. The lowest BCUT2D eigenvalue weighted by Crippen LogP contribution is -2.21. The minimum Gasteiger partial charge on any atom is -0.522 e. The predicted molar refractivity (Wildman–Crippen MR) is 26.3 cm³/mol. The largest absolute Gasteiger partial charge is 0.522 e. The van der Waals surface area contributed by atoms with E-state index in [-0.39, 0.29) is 0 Å². The smallest absolute Gasteiger partial charge is 0.392 e. The first-order valence-corrected chi connectivity index (χ1v) is 2.51. The number of carboxylic acid groups (broad SMARTS) is 1. The Labute approximate surface area is 60.1 Å². The molecule has 0 spiro atoms. The molecule has 0 rings (SSSR count). The first-order chi connectivity index (χ1) is 4.92. The van der Waals surface area contributed by atoms with Crippen LogP contribution in [-0.4, -0.2) is 12.3 Å². The highest BCUT2D eigenvalue weighted by Gasteiger charge is 2.24. The summed E-state index contributed by atoms with van der Waals surface area (Å²) in [4.78, 5) is 9.46. The third-order valence-corrected chi connectivity index (χ3v) is 0.610. The highest BCUT2D eigenvalue weighted by atomic mass is 19.4. The van der Waals surface area contributed by atoms with Crippen LogP contribution in [0.2, 0.25) is 0 Å². The summed E-state index contributed by atoms with van der Waals surface area (Å²) in [6, 6.07) is 0. The van der Waals surface area contributed by atoms with E-state index in [2.05, 4.69) is 4.74 Å². The van der Waals surface area contributed by atoms with Crippen LogP contribution in [0.25, 0.3) is 0 Å². The van der Waals surface area contributed by atoms with Gasteiger partial charge in [-0.2, -0.15) is 13.2 Å². The number of carbonyl (C=O) groups excluding carboxylic acids is 1. The lowest BCUT2D eigenvalue weighted by Gasteiger charge is -2.02. The van der Waals surface area contributed by atoms with Crippen LogP contribution in [0.15, 0.2) is 12.3 Å². The fourth-order valence-corrected chi connectivity index (χ4v) is 0.285.